The van der Waals surface area contributed by atoms with Crippen molar-refractivity contribution in [2.45, 2.75) is 16.4 Å². The lowest BCUT2D eigenvalue weighted by atomic mass is 10.3. The zero-order valence-corrected chi connectivity index (χ0v) is 16.5. The van der Waals surface area contributed by atoms with E-state index in [1.54, 1.807) is 34.7 Å². The summed E-state index contributed by atoms with van der Waals surface area (Å²) in [6.07, 6.45) is 1.59. The monoisotopic (exact) mass is 419 g/mol. The summed E-state index contributed by atoms with van der Waals surface area (Å²) in [5, 5.41) is 24.4. The van der Waals surface area contributed by atoms with E-state index in [1.807, 2.05) is 19.1 Å². The van der Waals surface area contributed by atoms with Gasteiger partial charge in [-0.25, -0.2) is 0 Å². The van der Waals surface area contributed by atoms with E-state index in [1.165, 1.54) is 23.1 Å². The summed E-state index contributed by atoms with van der Waals surface area (Å²) in [7, 11) is 0. The first-order valence-corrected chi connectivity index (χ1v) is 10.7. The van der Waals surface area contributed by atoms with Crippen molar-refractivity contribution in [2.75, 3.05) is 16.8 Å². The topological polar surface area (TPSA) is 111 Å². The molecule has 4 rings (SSSR count). The lowest BCUT2D eigenvalue weighted by Crippen LogP contribution is -2.14. The summed E-state index contributed by atoms with van der Waals surface area (Å²) in [4.78, 5) is 12.2. The third kappa shape index (κ3) is 4.12. The summed E-state index contributed by atoms with van der Waals surface area (Å²) >= 11 is 4.19. The largest absolute Gasteiger partial charge is 0.463 e. The van der Waals surface area contributed by atoms with Crippen LogP contribution in [0.5, 0.6) is 0 Å². The van der Waals surface area contributed by atoms with Crippen LogP contribution in [0.1, 0.15) is 6.92 Å². The van der Waals surface area contributed by atoms with Gasteiger partial charge in [0.25, 0.3) is 0 Å². The maximum Gasteiger partial charge on any atom is 0.236 e. The Morgan fingerprint density at radius 3 is 2.96 bits per heavy atom. The van der Waals surface area contributed by atoms with Crippen molar-refractivity contribution in [3.63, 3.8) is 0 Å². The molecule has 0 aliphatic carbocycles. The molecule has 0 atom stereocenters. The highest BCUT2D eigenvalue weighted by atomic mass is 32.2. The minimum atomic E-state index is -0.192. The van der Waals surface area contributed by atoms with Gasteiger partial charge in [-0.15, -0.1) is 20.4 Å². The van der Waals surface area contributed by atoms with Gasteiger partial charge in [0, 0.05) is 0 Å². The number of carbonyl (C=O) groups is 1. The molecule has 4 aromatic rings. The minimum Gasteiger partial charge on any atom is -0.463 e. The highest BCUT2D eigenvalue weighted by Crippen LogP contribution is 2.25. The molecule has 0 radical (unpaired) electrons. The zero-order chi connectivity index (χ0) is 18.6. The molecule has 12 heteroatoms. The Kier molecular flexibility index (Phi) is 5.36. The summed E-state index contributed by atoms with van der Waals surface area (Å²) in [5.41, 5.74) is 1.26. The molecule has 1 N–H and O–H groups in total. The molecule has 0 aliphatic heterocycles. The molecular weight excluding hydrogens is 406 g/mol. The Hall–Kier alpha value is -2.44. The summed E-state index contributed by atoms with van der Waals surface area (Å²) in [5.74, 6) is 1.52. The summed E-state index contributed by atoms with van der Waals surface area (Å²) in [6.45, 7) is 2.04. The van der Waals surface area contributed by atoms with E-state index in [9.17, 15) is 4.79 Å². The van der Waals surface area contributed by atoms with Gasteiger partial charge in [0.15, 0.2) is 15.7 Å². The predicted octanol–water partition coefficient (Wildman–Crippen LogP) is 3.08. The SMILES string of the molecule is CCSc1nnc(NC(=O)CSc2nnc3ccc(-c4ccco4)nn23)s1. The van der Waals surface area contributed by atoms with E-state index < -0.39 is 0 Å². The maximum absolute atomic E-state index is 12.2. The number of thioether (sulfide) groups is 2. The number of hydrogen-bond donors (Lipinski definition) is 1. The Morgan fingerprint density at radius 2 is 2.15 bits per heavy atom. The van der Waals surface area contributed by atoms with Gasteiger partial charge >= 0.3 is 0 Å². The number of anilines is 1. The molecule has 0 unspecified atom stereocenters. The average Bonchev–Trinajstić information content (AvgIpc) is 3.41. The molecule has 0 aliphatic rings. The first kappa shape index (κ1) is 17.9. The van der Waals surface area contributed by atoms with Gasteiger partial charge in [-0.2, -0.15) is 9.61 Å². The molecule has 1 amide bonds. The van der Waals surface area contributed by atoms with Crippen LogP contribution >= 0.6 is 34.9 Å². The van der Waals surface area contributed by atoms with Gasteiger partial charge < -0.3 is 4.42 Å². The molecule has 0 bridgehead atoms. The number of fused-ring (bicyclic) bond motifs is 1. The summed E-state index contributed by atoms with van der Waals surface area (Å²) in [6, 6.07) is 7.23. The third-order valence-electron chi connectivity index (χ3n) is 3.26. The average molecular weight is 420 g/mol. The second-order valence-corrected chi connectivity index (χ2v) is 8.52. The Morgan fingerprint density at radius 1 is 1.22 bits per heavy atom. The normalized spacial score (nSPS) is 11.1. The number of carbonyl (C=O) groups excluding carboxylic acids is 1. The van der Waals surface area contributed by atoms with E-state index in [0.29, 0.717) is 27.4 Å². The molecule has 0 saturated heterocycles. The standard InChI is InChI=1S/C15H13N7O2S3/c1-2-25-15-20-18-13(27-15)16-12(23)8-26-14-19-17-11-6-5-9(21-22(11)14)10-4-3-7-24-10/h3-7H,2,8H2,1H3,(H,16,18,23). The molecule has 27 heavy (non-hydrogen) atoms. The lowest BCUT2D eigenvalue weighted by molar-refractivity contribution is -0.113. The van der Waals surface area contributed by atoms with Crippen LogP contribution in [0.4, 0.5) is 5.13 Å². The predicted molar refractivity (Wildman–Crippen MR) is 104 cm³/mol. The number of nitrogens with one attached hydrogen (secondary N) is 1. The first-order valence-electron chi connectivity index (χ1n) is 7.88. The van der Waals surface area contributed by atoms with Crippen LogP contribution in [0.25, 0.3) is 17.1 Å². The highest BCUT2D eigenvalue weighted by Gasteiger charge is 2.14. The Labute approximate surface area is 166 Å². The van der Waals surface area contributed by atoms with Crippen LogP contribution in [-0.2, 0) is 4.79 Å². The quantitative estimate of drug-likeness (QED) is 0.357. The molecule has 0 spiro atoms. The summed E-state index contributed by atoms with van der Waals surface area (Å²) < 4.78 is 7.79. The molecule has 0 aromatic carbocycles. The van der Waals surface area contributed by atoms with Gasteiger partial charge in [0.2, 0.25) is 16.2 Å². The fourth-order valence-corrected chi connectivity index (χ4v) is 4.50. The second-order valence-electron chi connectivity index (χ2n) is 5.09. The van der Waals surface area contributed by atoms with E-state index in [0.717, 1.165) is 10.1 Å². The number of amides is 1. The van der Waals surface area contributed by atoms with Gasteiger partial charge in [-0.05, 0) is 30.0 Å². The van der Waals surface area contributed by atoms with Crippen molar-refractivity contribution in [3.8, 4) is 11.5 Å². The maximum atomic E-state index is 12.2. The van der Waals surface area contributed by atoms with Crippen molar-refractivity contribution in [3.05, 3.63) is 30.5 Å². The number of hydrogen-bond acceptors (Lipinski definition) is 10. The van der Waals surface area contributed by atoms with Crippen LogP contribution in [0.15, 0.2) is 44.4 Å². The fraction of sp³-hybridized carbons (Fsp3) is 0.200. The van der Waals surface area contributed by atoms with Crippen LogP contribution in [0.2, 0.25) is 0 Å². The molecule has 4 heterocycles. The van der Waals surface area contributed by atoms with Gasteiger partial charge in [-0.1, -0.05) is 41.8 Å². The highest BCUT2D eigenvalue weighted by molar-refractivity contribution is 8.01. The number of rotatable bonds is 7. The van der Waals surface area contributed by atoms with Crippen molar-refractivity contribution >= 4 is 51.5 Å². The lowest BCUT2D eigenvalue weighted by Gasteiger charge is -2.01. The van der Waals surface area contributed by atoms with Gasteiger partial charge in [0.05, 0.1) is 12.0 Å². The van der Waals surface area contributed by atoms with Crippen molar-refractivity contribution in [1.29, 1.82) is 0 Å². The van der Waals surface area contributed by atoms with Gasteiger partial charge in [0.1, 0.15) is 5.69 Å². The van der Waals surface area contributed by atoms with E-state index in [2.05, 4.69) is 30.8 Å². The Bertz CT molecular complexity index is 1060. The zero-order valence-electron chi connectivity index (χ0n) is 14.0. The molecule has 4 aromatic heterocycles. The smallest absolute Gasteiger partial charge is 0.236 e. The van der Waals surface area contributed by atoms with E-state index in [4.69, 9.17) is 4.42 Å². The van der Waals surface area contributed by atoms with Crippen LogP contribution < -0.4 is 5.32 Å². The number of furan rings is 1. The minimum absolute atomic E-state index is 0.156. The number of nitrogens with zero attached hydrogens (tertiary/aromatic N) is 6. The van der Waals surface area contributed by atoms with Gasteiger partial charge in [-0.3, -0.25) is 10.1 Å². The van der Waals surface area contributed by atoms with E-state index >= 15 is 0 Å². The number of aromatic nitrogens is 6. The Balaban J connectivity index is 1.43. The van der Waals surface area contributed by atoms with Crippen molar-refractivity contribution in [1.82, 2.24) is 30.0 Å². The second kappa shape index (κ2) is 8.06. The van der Waals surface area contributed by atoms with E-state index in [-0.39, 0.29) is 11.7 Å². The van der Waals surface area contributed by atoms with Crippen molar-refractivity contribution in [2.24, 2.45) is 0 Å². The van der Waals surface area contributed by atoms with Crippen LogP contribution in [0, 0.1) is 0 Å². The molecular formula is C15H13N7O2S3. The molecule has 138 valence electrons. The molecule has 0 fully saturated rings. The third-order valence-corrected chi connectivity index (χ3v) is 6.03. The molecule has 9 nitrogen and oxygen atoms in total. The molecule has 0 saturated carbocycles. The fourth-order valence-electron chi connectivity index (χ4n) is 2.14. The van der Waals surface area contributed by atoms with Crippen LogP contribution in [-0.4, -0.2) is 47.4 Å². The van der Waals surface area contributed by atoms with Crippen LogP contribution in [0.3, 0.4) is 0 Å². The van der Waals surface area contributed by atoms with Crippen molar-refractivity contribution < 1.29 is 9.21 Å². The first-order chi connectivity index (χ1) is 13.2.